The third-order valence-electron chi connectivity index (χ3n) is 4.73. The summed E-state index contributed by atoms with van der Waals surface area (Å²) in [6.07, 6.45) is 5.34. The van der Waals surface area contributed by atoms with Crippen LogP contribution in [0.4, 0.5) is 0 Å². The van der Waals surface area contributed by atoms with Gasteiger partial charge in [-0.05, 0) is 66.0 Å². The summed E-state index contributed by atoms with van der Waals surface area (Å²) in [7, 11) is 2.14. The van der Waals surface area contributed by atoms with Crippen molar-refractivity contribution in [2.45, 2.75) is 52.5 Å². The van der Waals surface area contributed by atoms with Crippen molar-refractivity contribution in [2.75, 3.05) is 7.05 Å². The molecule has 3 unspecified atom stereocenters. The van der Waals surface area contributed by atoms with Gasteiger partial charge in [0.15, 0.2) is 0 Å². The summed E-state index contributed by atoms with van der Waals surface area (Å²) in [5, 5.41) is 8.08. The Morgan fingerprint density at radius 3 is 2.78 bits per heavy atom. The van der Waals surface area contributed by atoms with Crippen molar-refractivity contribution >= 4 is 11.3 Å². The third kappa shape index (κ3) is 3.16. The smallest absolute Gasteiger partial charge is 0.0100 e. The van der Waals surface area contributed by atoms with Gasteiger partial charge in [0.05, 0.1) is 0 Å². The molecule has 0 amide bonds. The molecular formula is C16H27NS. The number of thiophene rings is 1. The molecule has 1 saturated carbocycles. The van der Waals surface area contributed by atoms with Crippen LogP contribution in [0.5, 0.6) is 0 Å². The fraction of sp³-hybridized carbons (Fsp3) is 0.750. The van der Waals surface area contributed by atoms with Crippen molar-refractivity contribution in [2.24, 2.45) is 17.3 Å². The van der Waals surface area contributed by atoms with Gasteiger partial charge in [-0.25, -0.2) is 0 Å². The molecule has 1 fully saturated rings. The summed E-state index contributed by atoms with van der Waals surface area (Å²) in [5.41, 5.74) is 1.91. The van der Waals surface area contributed by atoms with E-state index < -0.39 is 0 Å². The minimum absolute atomic E-state index is 0.398. The highest BCUT2D eigenvalue weighted by atomic mass is 32.1. The molecule has 0 radical (unpaired) electrons. The van der Waals surface area contributed by atoms with Crippen LogP contribution in [0.1, 0.15) is 45.6 Å². The molecule has 0 bridgehead atoms. The third-order valence-corrected chi connectivity index (χ3v) is 5.46. The molecule has 1 nitrogen and oxygen atoms in total. The van der Waals surface area contributed by atoms with E-state index in [0.717, 1.165) is 11.8 Å². The van der Waals surface area contributed by atoms with Crippen molar-refractivity contribution in [1.82, 2.24) is 5.32 Å². The van der Waals surface area contributed by atoms with Crippen molar-refractivity contribution in [3.63, 3.8) is 0 Å². The Bertz CT molecular complexity index is 355. The number of hydrogen-bond donors (Lipinski definition) is 1. The molecule has 3 atom stereocenters. The Hall–Kier alpha value is -0.340. The van der Waals surface area contributed by atoms with E-state index in [0.29, 0.717) is 11.5 Å². The van der Waals surface area contributed by atoms with Gasteiger partial charge in [-0.1, -0.05) is 27.2 Å². The largest absolute Gasteiger partial charge is 0.317 e. The van der Waals surface area contributed by atoms with Gasteiger partial charge in [-0.3, -0.25) is 0 Å². The van der Waals surface area contributed by atoms with Crippen LogP contribution in [0.15, 0.2) is 16.8 Å². The number of hydrogen-bond acceptors (Lipinski definition) is 2. The second kappa shape index (κ2) is 5.75. The van der Waals surface area contributed by atoms with E-state index >= 15 is 0 Å². The fourth-order valence-corrected chi connectivity index (χ4v) is 4.35. The zero-order chi connectivity index (χ0) is 13.2. The van der Waals surface area contributed by atoms with Gasteiger partial charge >= 0.3 is 0 Å². The Kier molecular flexibility index (Phi) is 4.50. The van der Waals surface area contributed by atoms with E-state index in [1.54, 1.807) is 0 Å². The zero-order valence-corrected chi connectivity index (χ0v) is 13.0. The van der Waals surface area contributed by atoms with Gasteiger partial charge in [-0.2, -0.15) is 11.3 Å². The average molecular weight is 265 g/mol. The Balaban J connectivity index is 2.07. The predicted molar refractivity (Wildman–Crippen MR) is 81.2 cm³/mol. The van der Waals surface area contributed by atoms with Crippen LogP contribution >= 0.6 is 11.3 Å². The minimum Gasteiger partial charge on any atom is -0.317 e. The maximum Gasteiger partial charge on any atom is 0.0100 e. The molecule has 102 valence electrons. The zero-order valence-electron chi connectivity index (χ0n) is 12.2. The molecule has 1 aliphatic rings. The Labute approximate surface area is 116 Å². The minimum atomic E-state index is 0.398. The van der Waals surface area contributed by atoms with Crippen molar-refractivity contribution in [1.29, 1.82) is 0 Å². The summed E-state index contributed by atoms with van der Waals surface area (Å²) < 4.78 is 0. The lowest BCUT2D eigenvalue weighted by Crippen LogP contribution is -2.46. The quantitative estimate of drug-likeness (QED) is 0.854. The van der Waals surface area contributed by atoms with Crippen molar-refractivity contribution in [3.05, 3.63) is 22.4 Å². The summed E-state index contributed by atoms with van der Waals surface area (Å²) in [6, 6.07) is 2.98. The average Bonchev–Trinajstić information content (AvgIpc) is 2.80. The van der Waals surface area contributed by atoms with Crippen molar-refractivity contribution in [3.8, 4) is 0 Å². The van der Waals surface area contributed by atoms with E-state index in [9.17, 15) is 0 Å². The molecule has 1 N–H and O–H groups in total. The van der Waals surface area contributed by atoms with Gasteiger partial charge in [0.2, 0.25) is 0 Å². The lowest BCUT2D eigenvalue weighted by molar-refractivity contribution is 0.0981. The topological polar surface area (TPSA) is 12.0 Å². The maximum absolute atomic E-state index is 3.57. The van der Waals surface area contributed by atoms with E-state index in [4.69, 9.17) is 0 Å². The highest BCUT2D eigenvalue weighted by Gasteiger charge is 2.38. The Morgan fingerprint density at radius 1 is 1.39 bits per heavy atom. The van der Waals surface area contributed by atoms with Crippen LogP contribution in [0, 0.1) is 17.3 Å². The lowest BCUT2D eigenvalue weighted by atomic mass is 9.64. The van der Waals surface area contributed by atoms with Gasteiger partial charge in [0.1, 0.15) is 0 Å². The van der Waals surface area contributed by atoms with Gasteiger partial charge in [0, 0.05) is 6.04 Å². The monoisotopic (exact) mass is 265 g/mol. The first-order chi connectivity index (χ1) is 8.53. The van der Waals surface area contributed by atoms with E-state index in [1.165, 1.54) is 31.2 Å². The van der Waals surface area contributed by atoms with E-state index in [1.807, 2.05) is 11.3 Å². The number of rotatable bonds is 4. The van der Waals surface area contributed by atoms with E-state index in [-0.39, 0.29) is 0 Å². The predicted octanol–water partition coefficient (Wildman–Crippen LogP) is 4.34. The molecular weight excluding hydrogens is 238 g/mol. The lowest BCUT2D eigenvalue weighted by Gasteiger charge is -2.44. The molecule has 0 spiro atoms. The second-order valence-corrected chi connectivity index (χ2v) is 7.50. The molecule has 1 aromatic rings. The SMILES string of the molecule is CNC1CC(C)CCC1C(C)(C)Cc1ccsc1. The summed E-state index contributed by atoms with van der Waals surface area (Å²) in [4.78, 5) is 0. The van der Waals surface area contributed by atoms with Gasteiger partial charge in [-0.15, -0.1) is 0 Å². The van der Waals surface area contributed by atoms with Crippen molar-refractivity contribution < 1.29 is 0 Å². The molecule has 1 heterocycles. The standard InChI is InChI=1S/C16H27NS/c1-12-5-6-14(15(9-12)17-4)16(2,3)10-13-7-8-18-11-13/h7-8,11-12,14-15,17H,5-6,9-10H2,1-4H3. The van der Waals surface area contributed by atoms with Crippen LogP contribution < -0.4 is 5.32 Å². The molecule has 1 aliphatic carbocycles. The van der Waals surface area contributed by atoms with Crippen LogP contribution in [0.2, 0.25) is 0 Å². The first-order valence-corrected chi connectivity index (χ1v) is 8.15. The summed E-state index contributed by atoms with van der Waals surface area (Å²) in [5.74, 6) is 1.69. The first kappa shape index (κ1) is 14.1. The molecule has 18 heavy (non-hydrogen) atoms. The highest BCUT2D eigenvalue weighted by molar-refractivity contribution is 7.07. The molecule has 0 saturated heterocycles. The fourth-order valence-electron chi connectivity index (χ4n) is 3.69. The van der Waals surface area contributed by atoms with Crippen LogP contribution in [-0.4, -0.2) is 13.1 Å². The Morgan fingerprint density at radius 2 is 2.17 bits per heavy atom. The van der Waals surface area contributed by atoms with E-state index in [2.05, 4.69) is 50.0 Å². The summed E-state index contributed by atoms with van der Waals surface area (Å²) >= 11 is 1.82. The molecule has 0 aromatic carbocycles. The highest BCUT2D eigenvalue weighted by Crippen LogP contribution is 2.42. The van der Waals surface area contributed by atoms with Gasteiger partial charge < -0.3 is 5.32 Å². The summed E-state index contributed by atoms with van der Waals surface area (Å²) in [6.45, 7) is 7.30. The molecule has 1 aromatic heterocycles. The van der Waals surface area contributed by atoms with Crippen LogP contribution in [-0.2, 0) is 6.42 Å². The second-order valence-electron chi connectivity index (χ2n) is 6.72. The van der Waals surface area contributed by atoms with Gasteiger partial charge in [0.25, 0.3) is 0 Å². The van der Waals surface area contributed by atoms with Crippen LogP contribution in [0.25, 0.3) is 0 Å². The molecule has 2 heteroatoms. The molecule has 2 rings (SSSR count). The normalized spacial score (nSPS) is 29.4. The first-order valence-electron chi connectivity index (χ1n) is 7.21. The number of nitrogens with one attached hydrogen (secondary N) is 1. The maximum atomic E-state index is 3.57. The van der Waals surface area contributed by atoms with Crippen LogP contribution in [0.3, 0.4) is 0 Å². The molecule has 0 aliphatic heterocycles.